The van der Waals surface area contributed by atoms with Crippen molar-refractivity contribution < 1.29 is 5.11 Å². The topological polar surface area (TPSA) is 32.3 Å². The zero-order valence-corrected chi connectivity index (χ0v) is 9.56. The molecule has 2 nitrogen and oxygen atoms in total. The SMILES string of the molecule is CC=C(C)C.CCCCNCCO. The lowest BCUT2D eigenvalue weighted by Crippen LogP contribution is -2.18. The van der Waals surface area contributed by atoms with Gasteiger partial charge in [0, 0.05) is 6.54 Å². The first kappa shape index (κ1) is 15.1. The van der Waals surface area contributed by atoms with Gasteiger partial charge in [0.1, 0.15) is 0 Å². The first-order valence-corrected chi connectivity index (χ1v) is 5.10. The van der Waals surface area contributed by atoms with Crippen LogP contribution in [0.4, 0.5) is 0 Å². The van der Waals surface area contributed by atoms with E-state index in [4.69, 9.17) is 5.11 Å². The van der Waals surface area contributed by atoms with Gasteiger partial charge in [-0.25, -0.2) is 0 Å². The van der Waals surface area contributed by atoms with Crippen molar-refractivity contribution in [2.24, 2.45) is 0 Å². The fourth-order valence-electron chi connectivity index (χ4n) is 0.506. The number of allylic oxidation sites excluding steroid dienone is 2. The van der Waals surface area contributed by atoms with Crippen LogP contribution in [0.1, 0.15) is 40.5 Å². The number of hydrogen-bond acceptors (Lipinski definition) is 2. The second-order valence-electron chi connectivity index (χ2n) is 3.19. The first-order chi connectivity index (χ1) is 6.18. The number of aliphatic hydroxyl groups is 1. The molecule has 0 unspecified atom stereocenters. The Labute approximate surface area is 83.0 Å². The van der Waals surface area contributed by atoms with Crippen LogP contribution in [0.3, 0.4) is 0 Å². The second kappa shape index (κ2) is 14.2. The van der Waals surface area contributed by atoms with Crippen LogP contribution in [0.25, 0.3) is 0 Å². The smallest absolute Gasteiger partial charge is 0.0555 e. The van der Waals surface area contributed by atoms with E-state index in [1.54, 1.807) is 0 Å². The minimum Gasteiger partial charge on any atom is -0.395 e. The molecule has 0 heterocycles. The van der Waals surface area contributed by atoms with Gasteiger partial charge in [0.2, 0.25) is 0 Å². The molecule has 13 heavy (non-hydrogen) atoms. The van der Waals surface area contributed by atoms with E-state index in [1.165, 1.54) is 18.4 Å². The molecule has 0 amide bonds. The third kappa shape index (κ3) is 24.5. The molecule has 0 bridgehead atoms. The van der Waals surface area contributed by atoms with Crippen LogP contribution in [0.5, 0.6) is 0 Å². The van der Waals surface area contributed by atoms with Crippen LogP contribution >= 0.6 is 0 Å². The van der Waals surface area contributed by atoms with E-state index in [2.05, 4.69) is 32.2 Å². The molecule has 0 aromatic carbocycles. The first-order valence-electron chi connectivity index (χ1n) is 5.10. The lowest BCUT2D eigenvalue weighted by atomic mass is 10.3. The van der Waals surface area contributed by atoms with Gasteiger partial charge in [-0.3, -0.25) is 0 Å². The van der Waals surface area contributed by atoms with Crippen molar-refractivity contribution in [3.63, 3.8) is 0 Å². The fourth-order valence-corrected chi connectivity index (χ4v) is 0.506. The molecule has 0 aliphatic rings. The quantitative estimate of drug-likeness (QED) is 0.511. The largest absolute Gasteiger partial charge is 0.395 e. The summed E-state index contributed by atoms with van der Waals surface area (Å²) in [5.74, 6) is 0. The maximum atomic E-state index is 8.30. The average Bonchev–Trinajstić information content (AvgIpc) is 2.14. The number of hydrogen-bond donors (Lipinski definition) is 2. The van der Waals surface area contributed by atoms with Gasteiger partial charge in [-0.1, -0.05) is 25.0 Å². The number of aliphatic hydroxyl groups excluding tert-OH is 1. The summed E-state index contributed by atoms with van der Waals surface area (Å²) in [7, 11) is 0. The molecule has 2 N–H and O–H groups in total. The predicted molar refractivity (Wildman–Crippen MR) is 60.0 cm³/mol. The molecule has 0 radical (unpaired) electrons. The van der Waals surface area contributed by atoms with Gasteiger partial charge in [-0.15, -0.1) is 0 Å². The molecular weight excluding hydrogens is 162 g/mol. The highest BCUT2D eigenvalue weighted by Crippen LogP contribution is 1.82. The lowest BCUT2D eigenvalue weighted by molar-refractivity contribution is 0.292. The highest BCUT2D eigenvalue weighted by molar-refractivity contribution is 4.88. The molecule has 0 rings (SSSR count). The van der Waals surface area contributed by atoms with Crippen LogP contribution in [-0.2, 0) is 0 Å². The summed E-state index contributed by atoms with van der Waals surface area (Å²) in [4.78, 5) is 0. The average molecular weight is 187 g/mol. The van der Waals surface area contributed by atoms with Gasteiger partial charge in [-0.2, -0.15) is 0 Å². The Bertz CT molecular complexity index is 101. The highest BCUT2D eigenvalue weighted by atomic mass is 16.3. The Morgan fingerprint density at radius 2 is 1.85 bits per heavy atom. The van der Waals surface area contributed by atoms with E-state index in [-0.39, 0.29) is 6.61 Å². The minimum atomic E-state index is 0.254. The molecule has 0 aromatic rings. The van der Waals surface area contributed by atoms with Crippen molar-refractivity contribution in [1.82, 2.24) is 5.32 Å². The number of rotatable bonds is 5. The van der Waals surface area contributed by atoms with Gasteiger partial charge in [-0.05, 0) is 33.7 Å². The molecule has 80 valence electrons. The van der Waals surface area contributed by atoms with Gasteiger partial charge >= 0.3 is 0 Å². The van der Waals surface area contributed by atoms with Crippen molar-refractivity contribution in [3.8, 4) is 0 Å². The number of nitrogens with one attached hydrogen (secondary N) is 1. The molecule has 0 saturated carbocycles. The number of unbranched alkanes of at least 4 members (excludes halogenated alkanes) is 1. The Morgan fingerprint density at radius 1 is 1.31 bits per heavy atom. The maximum absolute atomic E-state index is 8.30. The molecule has 0 aliphatic heterocycles. The summed E-state index contributed by atoms with van der Waals surface area (Å²) in [5, 5.41) is 11.4. The zero-order chi connectivity index (χ0) is 10.5. The standard InChI is InChI=1S/C6H15NO.C5H10/c1-2-3-4-7-5-6-8;1-4-5(2)3/h7-8H,2-6H2,1H3;4H,1-3H3. The van der Waals surface area contributed by atoms with Crippen molar-refractivity contribution in [2.75, 3.05) is 19.7 Å². The van der Waals surface area contributed by atoms with Crippen molar-refractivity contribution in [3.05, 3.63) is 11.6 Å². The van der Waals surface area contributed by atoms with Gasteiger partial charge in [0.05, 0.1) is 6.61 Å². The summed E-state index contributed by atoms with van der Waals surface area (Å²) in [6.45, 7) is 10.4. The van der Waals surface area contributed by atoms with E-state index in [9.17, 15) is 0 Å². The van der Waals surface area contributed by atoms with E-state index in [0.717, 1.165) is 13.1 Å². The predicted octanol–water partition coefficient (Wildman–Crippen LogP) is 2.34. The maximum Gasteiger partial charge on any atom is 0.0555 e. The Morgan fingerprint density at radius 3 is 2.15 bits per heavy atom. The summed E-state index contributed by atoms with van der Waals surface area (Å²) in [6, 6.07) is 0. The van der Waals surface area contributed by atoms with Crippen LogP contribution in [0.15, 0.2) is 11.6 Å². The third-order valence-corrected chi connectivity index (χ3v) is 1.57. The van der Waals surface area contributed by atoms with E-state index in [1.807, 2.05) is 6.92 Å². The zero-order valence-electron chi connectivity index (χ0n) is 9.56. The summed E-state index contributed by atoms with van der Waals surface area (Å²) in [5.41, 5.74) is 1.38. The van der Waals surface area contributed by atoms with Crippen LogP contribution in [0, 0.1) is 0 Å². The lowest BCUT2D eigenvalue weighted by Gasteiger charge is -1.97. The monoisotopic (exact) mass is 187 g/mol. The molecule has 0 atom stereocenters. The van der Waals surface area contributed by atoms with Crippen LogP contribution in [0.2, 0.25) is 0 Å². The molecular formula is C11H25NO. The van der Waals surface area contributed by atoms with E-state index < -0.39 is 0 Å². The highest BCUT2D eigenvalue weighted by Gasteiger charge is 1.81. The summed E-state index contributed by atoms with van der Waals surface area (Å²) < 4.78 is 0. The van der Waals surface area contributed by atoms with Gasteiger partial charge in [0.25, 0.3) is 0 Å². The molecule has 0 fully saturated rings. The molecule has 0 aliphatic carbocycles. The summed E-state index contributed by atoms with van der Waals surface area (Å²) in [6.07, 6.45) is 4.51. The molecule has 0 saturated heterocycles. The Balaban J connectivity index is 0. The van der Waals surface area contributed by atoms with Crippen molar-refractivity contribution in [2.45, 2.75) is 40.5 Å². The molecule has 2 heteroatoms. The minimum absolute atomic E-state index is 0.254. The van der Waals surface area contributed by atoms with Crippen molar-refractivity contribution in [1.29, 1.82) is 0 Å². The molecule has 0 spiro atoms. The molecule has 0 aromatic heterocycles. The van der Waals surface area contributed by atoms with Crippen LogP contribution < -0.4 is 5.32 Å². The third-order valence-electron chi connectivity index (χ3n) is 1.57. The Kier molecular flexibility index (Phi) is 16.5. The van der Waals surface area contributed by atoms with E-state index in [0.29, 0.717) is 0 Å². The fraction of sp³-hybridized carbons (Fsp3) is 0.818. The summed E-state index contributed by atoms with van der Waals surface area (Å²) >= 11 is 0. The van der Waals surface area contributed by atoms with Gasteiger partial charge < -0.3 is 10.4 Å². The normalized spacial score (nSPS) is 8.69. The Hall–Kier alpha value is -0.340. The van der Waals surface area contributed by atoms with Crippen LogP contribution in [-0.4, -0.2) is 24.8 Å². The van der Waals surface area contributed by atoms with Gasteiger partial charge in [0.15, 0.2) is 0 Å². The van der Waals surface area contributed by atoms with E-state index >= 15 is 0 Å². The van der Waals surface area contributed by atoms with Crippen molar-refractivity contribution >= 4 is 0 Å². The second-order valence-corrected chi connectivity index (χ2v) is 3.19.